The van der Waals surface area contributed by atoms with Gasteiger partial charge in [0, 0.05) is 34.4 Å². The molecule has 0 atom stereocenters. The molecular formula is C19H17ClN4O2S. The number of nitrogens with zero attached hydrogens (tertiary/aromatic N) is 1. The van der Waals surface area contributed by atoms with Crippen molar-refractivity contribution in [2.75, 3.05) is 11.2 Å². The second-order valence-corrected chi connectivity index (χ2v) is 7.48. The molecule has 0 unspecified atom stereocenters. The highest BCUT2D eigenvalue weighted by molar-refractivity contribution is 7.13. The third-order valence-electron chi connectivity index (χ3n) is 4.15. The number of nitrogens with one attached hydrogen (secondary N) is 3. The summed E-state index contributed by atoms with van der Waals surface area (Å²) in [4.78, 5) is 31.2. The molecule has 6 nitrogen and oxygen atoms in total. The number of thiazole rings is 1. The largest absolute Gasteiger partial charge is 0.357 e. The smallest absolute Gasteiger partial charge is 0.267 e. The first-order valence-corrected chi connectivity index (χ1v) is 9.95. The number of anilines is 1. The number of carbonyl (C=O) groups is 2. The van der Waals surface area contributed by atoms with E-state index in [1.54, 1.807) is 12.3 Å². The number of halogens is 1. The van der Waals surface area contributed by atoms with Crippen LogP contribution in [0.5, 0.6) is 0 Å². The van der Waals surface area contributed by atoms with E-state index < -0.39 is 0 Å². The number of H-pyrrole nitrogens is 1. The molecule has 2 aromatic heterocycles. The van der Waals surface area contributed by atoms with Crippen LogP contribution in [-0.2, 0) is 4.79 Å². The average molecular weight is 401 g/mol. The quantitative estimate of drug-likeness (QED) is 0.549. The van der Waals surface area contributed by atoms with E-state index in [0.717, 1.165) is 34.7 Å². The summed E-state index contributed by atoms with van der Waals surface area (Å²) in [5.74, 6) is -0.421. The monoisotopic (exact) mass is 400 g/mol. The van der Waals surface area contributed by atoms with Gasteiger partial charge in [-0.05, 0) is 31.0 Å². The van der Waals surface area contributed by atoms with E-state index in [1.807, 2.05) is 29.6 Å². The molecule has 0 saturated heterocycles. The van der Waals surface area contributed by atoms with Gasteiger partial charge in [-0.2, -0.15) is 0 Å². The number of amides is 2. The zero-order valence-electron chi connectivity index (χ0n) is 14.3. The molecule has 0 spiro atoms. The third kappa shape index (κ3) is 4.20. The van der Waals surface area contributed by atoms with Crippen molar-refractivity contribution in [2.24, 2.45) is 0 Å². The summed E-state index contributed by atoms with van der Waals surface area (Å²) in [5, 5.41) is 8.47. The SMILES string of the molecule is O=C(CCl)Nc1cccc(-c2nc(-c3c[nH]c(C(=O)NC4CC4)c3)cs2)c1. The van der Waals surface area contributed by atoms with Gasteiger partial charge in [0.05, 0.1) is 5.69 Å². The van der Waals surface area contributed by atoms with Crippen LogP contribution in [0, 0.1) is 0 Å². The van der Waals surface area contributed by atoms with Crippen LogP contribution in [0.15, 0.2) is 41.9 Å². The summed E-state index contributed by atoms with van der Waals surface area (Å²) in [6, 6.07) is 9.59. The Morgan fingerprint density at radius 1 is 1.26 bits per heavy atom. The van der Waals surface area contributed by atoms with Crippen molar-refractivity contribution >= 4 is 40.4 Å². The number of benzene rings is 1. The molecule has 8 heteroatoms. The number of rotatable bonds is 6. The molecule has 1 fully saturated rings. The first kappa shape index (κ1) is 17.8. The van der Waals surface area contributed by atoms with Gasteiger partial charge in [-0.1, -0.05) is 12.1 Å². The molecule has 1 aromatic carbocycles. The van der Waals surface area contributed by atoms with Gasteiger partial charge in [0.25, 0.3) is 5.91 Å². The minimum Gasteiger partial charge on any atom is -0.357 e. The fraction of sp³-hybridized carbons (Fsp3) is 0.211. The minimum absolute atomic E-state index is 0.0815. The highest BCUT2D eigenvalue weighted by Crippen LogP contribution is 2.30. The van der Waals surface area contributed by atoms with Crippen LogP contribution in [0.2, 0.25) is 0 Å². The standard InChI is InChI=1S/C19H17ClN4O2S/c20-8-17(25)22-14-3-1-2-11(6-14)19-24-16(10-27-19)12-7-15(21-9-12)18(26)23-13-4-5-13/h1-3,6-7,9-10,13,21H,4-5,8H2,(H,22,25)(H,23,26). The van der Waals surface area contributed by atoms with E-state index in [4.69, 9.17) is 11.6 Å². The van der Waals surface area contributed by atoms with E-state index in [-0.39, 0.29) is 17.7 Å². The van der Waals surface area contributed by atoms with Crippen LogP contribution in [0.1, 0.15) is 23.3 Å². The Morgan fingerprint density at radius 2 is 2.11 bits per heavy atom. The fourth-order valence-corrected chi connectivity index (χ4v) is 3.52. The first-order valence-electron chi connectivity index (χ1n) is 8.54. The van der Waals surface area contributed by atoms with Crippen LogP contribution in [0.25, 0.3) is 21.8 Å². The van der Waals surface area contributed by atoms with Gasteiger partial charge in [-0.3, -0.25) is 9.59 Å². The lowest BCUT2D eigenvalue weighted by molar-refractivity contribution is -0.113. The molecule has 27 heavy (non-hydrogen) atoms. The summed E-state index contributed by atoms with van der Waals surface area (Å²) >= 11 is 7.04. The van der Waals surface area contributed by atoms with Crippen molar-refractivity contribution in [2.45, 2.75) is 18.9 Å². The number of alkyl halides is 1. The number of aromatic nitrogens is 2. The van der Waals surface area contributed by atoms with E-state index >= 15 is 0 Å². The predicted octanol–water partition coefficient (Wildman–Crippen LogP) is 3.87. The Bertz CT molecular complexity index is 993. The van der Waals surface area contributed by atoms with Crippen LogP contribution in [-0.4, -0.2) is 33.7 Å². The summed E-state index contributed by atoms with van der Waals surface area (Å²) in [6.45, 7) is 0. The molecule has 3 aromatic rings. The molecule has 2 amide bonds. The minimum atomic E-state index is -0.252. The highest BCUT2D eigenvalue weighted by atomic mass is 35.5. The third-order valence-corrected chi connectivity index (χ3v) is 5.29. The summed E-state index contributed by atoms with van der Waals surface area (Å²) < 4.78 is 0. The second kappa shape index (κ2) is 7.54. The van der Waals surface area contributed by atoms with E-state index in [9.17, 15) is 9.59 Å². The molecule has 138 valence electrons. The van der Waals surface area contributed by atoms with Gasteiger partial charge in [-0.15, -0.1) is 22.9 Å². The van der Waals surface area contributed by atoms with E-state index in [2.05, 4.69) is 20.6 Å². The summed E-state index contributed by atoms with van der Waals surface area (Å²) in [7, 11) is 0. The van der Waals surface area contributed by atoms with Crippen molar-refractivity contribution < 1.29 is 9.59 Å². The van der Waals surface area contributed by atoms with Crippen molar-refractivity contribution in [3.05, 3.63) is 47.6 Å². The summed E-state index contributed by atoms with van der Waals surface area (Å²) in [6.07, 6.45) is 3.90. The molecule has 1 aliphatic carbocycles. The van der Waals surface area contributed by atoms with Gasteiger partial charge in [0.1, 0.15) is 16.6 Å². The summed E-state index contributed by atoms with van der Waals surface area (Å²) in [5.41, 5.74) is 3.78. The van der Waals surface area contributed by atoms with Crippen molar-refractivity contribution in [3.8, 4) is 21.8 Å². The lowest BCUT2D eigenvalue weighted by atomic mass is 10.2. The van der Waals surface area contributed by atoms with Crippen molar-refractivity contribution in [1.82, 2.24) is 15.3 Å². The van der Waals surface area contributed by atoms with Crippen molar-refractivity contribution in [1.29, 1.82) is 0 Å². The molecule has 0 radical (unpaired) electrons. The lowest BCUT2D eigenvalue weighted by Crippen LogP contribution is -2.25. The Hall–Kier alpha value is -2.64. The van der Waals surface area contributed by atoms with Gasteiger partial charge < -0.3 is 15.6 Å². The molecular weight excluding hydrogens is 384 g/mol. The molecule has 1 saturated carbocycles. The molecule has 0 bridgehead atoms. The second-order valence-electron chi connectivity index (χ2n) is 6.35. The molecule has 1 aliphatic rings. The lowest BCUT2D eigenvalue weighted by Gasteiger charge is -2.04. The molecule has 3 N–H and O–H groups in total. The normalized spacial score (nSPS) is 13.4. The number of hydrogen-bond donors (Lipinski definition) is 3. The van der Waals surface area contributed by atoms with Crippen LogP contribution < -0.4 is 10.6 Å². The zero-order valence-corrected chi connectivity index (χ0v) is 15.9. The maximum atomic E-state index is 12.1. The number of carbonyl (C=O) groups excluding carboxylic acids is 2. The Kier molecular flexibility index (Phi) is 4.96. The Morgan fingerprint density at radius 3 is 2.89 bits per heavy atom. The van der Waals surface area contributed by atoms with Gasteiger partial charge in [0.2, 0.25) is 5.91 Å². The first-order chi connectivity index (χ1) is 13.1. The van der Waals surface area contributed by atoms with Gasteiger partial charge in [0.15, 0.2) is 0 Å². The number of hydrogen-bond acceptors (Lipinski definition) is 4. The molecule has 2 heterocycles. The van der Waals surface area contributed by atoms with Crippen molar-refractivity contribution in [3.63, 3.8) is 0 Å². The highest BCUT2D eigenvalue weighted by Gasteiger charge is 2.24. The predicted molar refractivity (Wildman–Crippen MR) is 107 cm³/mol. The van der Waals surface area contributed by atoms with Crippen LogP contribution in [0.3, 0.4) is 0 Å². The Balaban J connectivity index is 1.52. The van der Waals surface area contributed by atoms with Gasteiger partial charge in [-0.25, -0.2) is 4.98 Å². The maximum absolute atomic E-state index is 12.1. The molecule has 0 aliphatic heterocycles. The average Bonchev–Trinajstić information content (AvgIpc) is 3.15. The Labute approximate surface area is 165 Å². The van der Waals surface area contributed by atoms with Crippen LogP contribution in [0.4, 0.5) is 5.69 Å². The van der Waals surface area contributed by atoms with Gasteiger partial charge >= 0.3 is 0 Å². The maximum Gasteiger partial charge on any atom is 0.267 e. The fourth-order valence-electron chi connectivity index (χ4n) is 2.63. The topological polar surface area (TPSA) is 86.9 Å². The zero-order chi connectivity index (χ0) is 18.8. The number of aromatic amines is 1. The molecule has 4 rings (SSSR count). The van der Waals surface area contributed by atoms with E-state index in [0.29, 0.717) is 17.4 Å². The van der Waals surface area contributed by atoms with Crippen LogP contribution >= 0.6 is 22.9 Å². The van der Waals surface area contributed by atoms with E-state index in [1.165, 1.54) is 11.3 Å².